The number of halogens is 1. The summed E-state index contributed by atoms with van der Waals surface area (Å²) >= 11 is 5.87. The van der Waals surface area contributed by atoms with Gasteiger partial charge in [-0.15, -0.1) is 0 Å². The van der Waals surface area contributed by atoms with E-state index in [1.807, 2.05) is 0 Å². The zero-order chi connectivity index (χ0) is 12.6. The van der Waals surface area contributed by atoms with Crippen LogP contribution in [-0.2, 0) is 4.79 Å². The van der Waals surface area contributed by atoms with E-state index in [-0.39, 0.29) is 5.57 Å². The van der Waals surface area contributed by atoms with E-state index in [1.165, 1.54) is 0 Å². The van der Waals surface area contributed by atoms with Crippen LogP contribution in [0.15, 0.2) is 23.8 Å². The maximum Gasteiger partial charge on any atom is 0.331 e. The molecule has 0 aliphatic rings. The normalized spacial score (nSPS) is 12.6. The lowest BCUT2D eigenvalue weighted by Crippen LogP contribution is -1.99. The summed E-state index contributed by atoms with van der Waals surface area (Å²) in [6, 6.07) is 5.30. The van der Waals surface area contributed by atoms with Crippen LogP contribution in [0.3, 0.4) is 0 Å². The van der Waals surface area contributed by atoms with Crippen molar-refractivity contribution in [3.8, 4) is 0 Å². The molecule has 0 spiro atoms. The zero-order valence-corrected chi connectivity index (χ0v) is 10.2. The van der Waals surface area contributed by atoms with Crippen LogP contribution >= 0.6 is 11.6 Å². The second kappa shape index (κ2) is 4.22. The summed E-state index contributed by atoms with van der Waals surface area (Å²) in [5, 5.41) is 9.53. The Morgan fingerprint density at radius 1 is 1.41 bits per heavy atom. The van der Waals surface area contributed by atoms with Gasteiger partial charge in [0.05, 0.1) is 11.0 Å². The van der Waals surface area contributed by atoms with Gasteiger partial charge in [0.15, 0.2) is 0 Å². The average molecular weight is 251 g/mol. The number of carboxylic acid groups (broad SMARTS) is 1. The van der Waals surface area contributed by atoms with E-state index in [9.17, 15) is 4.79 Å². The van der Waals surface area contributed by atoms with Gasteiger partial charge in [0.1, 0.15) is 5.82 Å². The maximum atomic E-state index is 10.9. The highest BCUT2D eigenvalue weighted by molar-refractivity contribution is 6.31. The van der Waals surface area contributed by atoms with Gasteiger partial charge in [-0.1, -0.05) is 11.6 Å². The lowest BCUT2D eigenvalue weighted by Gasteiger charge is -1.99. The van der Waals surface area contributed by atoms with Crippen molar-refractivity contribution in [1.82, 2.24) is 9.97 Å². The largest absolute Gasteiger partial charge is 0.478 e. The predicted octanol–water partition coefficient (Wildman–Crippen LogP) is 3.09. The number of carbonyl (C=O) groups is 1. The molecule has 17 heavy (non-hydrogen) atoms. The van der Waals surface area contributed by atoms with Crippen molar-refractivity contribution >= 4 is 34.2 Å². The van der Waals surface area contributed by atoms with Gasteiger partial charge in [0, 0.05) is 16.2 Å². The van der Waals surface area contributed by atoms with Crippen LogP contribution in [0.1, 0.15) is 19.7 Å². The molecule has 0 aliphatic heterocycles. The zero-order valence-electron chi connectivity index (χ0n) is 9.41. The number of aromatic amines is 1. The lowest BCUT2D eigenvalue weighted by atomic mass is 10.1. The molecule has 88 valence electrons. The van der Waals surface area contributed by atoms with Gasteiger partial charge in [-0.25, -0.2) is 9.78 Å². The van der Waals surface area contributed by atoms with Crippen LogP contribution < -0.4 is 0 Å². The lowest BCUT2D eigenvalue weighted by molar-refractivity contribution is -0.132. The fourth-order valence-corrected chi connectivity index (χ4v) is 1.67. The van der Waals surface area contributed by atoms with Crippen LogP contribution in [0.4, 0.5) is 0 Å². The number of allylic oxidation sites excluding steroid dienone is 1. The Hall–Kier alpha value is -1.81. The third-order valence-corrected chi connectivity index (χ3v) is 2.92. The summed E-state index contributed by atoms with van der Waals surface area (Å²) in [7, 11) is 0. The number of nitrogens with zero attached hydrogens (tertiary/aromatic N) is 1. The molecule has 1 aromatic carbocycles. The number of nitrogens with one attached hydrogen (secondary N) is 1. The maximum absolute atomic E-state index is 10.9. The fourth-order valence-electron chi connectivity index (χ4n) is 1.50. The highest BCUT2D eigenvalue weighted by atomic mass is 35.5. The van der Waals surface area contributed by atoms with Gasteiger partial charge in [-0.2, -0.15) is 0 Å². The Kier molecular flexibility index (Phi) is 2.90. The molecule has 0 fully saturated rings. The van der Waals surface area contributed by atoms with E-state index < -0.39 is 5.97 Å². The molecule has 0 amide bonds. The quantitative estimate of drug-likeness (QED) is 0.805. The Bertz CT molecular complexity index is 628. The first kappa shape index (κ1) is 11.7. The minimum absolute atomic E-state index is 0.273. The summed E-state index contributed by atoms with van der Waals surface area (Å²) < 4.78 is 0. The number of rotatable bonds is 2. The number of carboxylic acids is 1. The first-order chi connectivity index (χ1) is 7.99. The van der Waals surface area contributed by atoms with Gasteiger partial charge >= 0.3 is 5.97 Å². The molecule has 0 aliphatic carbocycles. The third kappa shape index (κ3) is 2.17. The SMILES string of the molecule is C/C(C(=O)O)=C(/C)c1nc2ccc(Cl)cc2[nH]1. The molecule has 2 rings (SSSR count). The van der Waals surface area contributed by atoms with Crippen molar-refractivity contribution in [1.29, 1.82) is 0 Å². The van der Waals surface area contributed by atoms with Crippen molar-refractivity contribution in [3.05, 3.63) is 34.6 Å². The Morgan fingerprint density at radius 2 is 2.12 bits per heavy atom. The summed E-state index contributed by atoms with van der Waals surface area (Å²) in [6.07, 6.45) is 0. The first-order valence-electron chi connectivity index (χ1n) is 5.05. The van der Waals surface area contributed by atoms with E-state index in [0.717, 1.165) is 11.0 Å². The Balaban J connectivity index is 2.57. The van der Waals surface area contributed by atoms with Crippen LogP contribution in [0.25, 0.3) is 16.6 Å². The summed E-state index contributed by atoms with van der Waals surface area (Å²) in [4.78, 5) is 18.2. The standard InChI is InChI=1S/C12H11ClN2O2/c1-6(7(2)12(16)17)11-14-9-4-3-8(13)5-10(9)15-11/h3-5H,1-2H3,(H,14,15)(H,16,17)/b7-6+. The fraction of sp³-hybridized carbons (Fsp3) is 0.167. The van der Waals surface area contributed by atoms with E-state index >= 15 is 0 Å². The Morgan fingerprint density at radius 3 is 2.76 bits per heavy atom. The van der Waals surface area contributed by atoms with Crippen molar-refractivity contribution in [2.45, 2.75) is 13.8 Å². The van der Waals surface area contributed by atoms with E-state index in [1.54, 1.807) is 32.0 Å². The third-order valence-electron chi connectivity index (χ3n) is 2.68. The number of aliphatic carboxylic acids is 1. The molecule has 0 radical (unpaired) electrons. The van der Waals surface area contributed by atoms with Gasteiger partial charge in [-0.05, 0) is 32.0 Å². The number of fused-ring (bicyclic) bond motifs is 1. The smallest absolute Gasteiger partial charge is 0.331 e. The molecular weight excluding hydrogens is 240 g/mol. The second-order valence-corrected chi connectivity index (χ2v) is 4.24. The molecular formula is C12H11ClN2O2. The molecule has 4 nitrogen and oxygen atoms in total. The number of imidazole rings is 1. The molecule has 5 heteroatoms. The average Bonchev–Trinajstić information content (AvgIpc) is 2.69. The van der Waals surface area contributed by atoms with Crippen LogP contribution in [0, 0.1) is 0 Å². The minimum atomic E-state index is -0.944. The van der Waals surface area contributed by atoms with Crippen LogP contribution in [-0.4, -0.2) is 21.0 Å². The minimum Gasteiger partial charge on any atom is -0.478 e. The van der Waals surface area contributed by atoms with E-state index in [0.29, 0.717) is 16.4 Å². The van der Waals surface area contributed by atoms with Crippen molar-refractivity contribution < 1.29 is 9.90 Å². The van der Waals surface area contributed by atoms with E-state index in [2.05, 4.69) is 9.97 Å². The predicted molar refractivity (Wildman–Crippen MR) is 67.0 cm³/mol. The number of H-pyrrole nitrogens is 1. The highest BCUT2D eigenvalue weighted by Crippen LogP contribution is 2.22. The van der Waals surface area contributed by atoms with Crippen LogP contribution in [0.2, 0.25) is 5.02 Å². The molecule has 0 unspecified atom stereocenters. The van der Waals surface area contributed by atoms with Crippen LogP contribution in [0.5, 0.6) is 0 Å². The Labute approximate surface area is 103 Å². The molecule has 0 saturated heterocycles. The molecule has 0 saturated carbocycles. The summed E-state index contributed by atoms with van der Waals surface area (Å²) in [5.74, 6) is -0.386. The van der Waals surface area contributed by atoms with E-state index in [4.69, 9.17) is 16.7 Å². The first-order valence-corrected chi connectivity index (χ1v) is 5.43. The monoisotopic (exact) mass is 250 g/mol. The highest BCUT2D eigenvalue weighted by Gasteiger charge is 2.11. The summed E-state index contributed by atoms with van der Waals surface area (Å²) in [5.41, 5.74) is 2.45. The van der Waals surface area contributed by atoms with Gasteiger partial charge in [0.25, 0.3) is 0 Å². The molecule has 0 bridgehead atoms. The van der Waals surface area contributed by atoms with Crippen molar-refractivity contribution in [2.75, 3.05) is 0 Å². The number of hydrogen-bond donors (Lipinski definition) is 2. The van der Waals surface area contributed by atoms with Gasteiger partial charge in [0.2, 0.25) is 0 Å². The second-order valence-electron chi connectivity index (χ2n) is 3.80. The molecule has 1 aromatic heterocycles. The summed E-state index contributed by atoms with van der Waals surface area (Å²) in [6.45, 7) is 3.28. The van der Waals surface area contributed by atoms with Crippen molar-refractivity contribution in [2.24, 2.45) is 0 Å². The molecule has 0 atom stereocenters. The van der Waals surface area contributed by atoms with Gasteiger partial charge in [-0.3, -0.25) is 0 Å². The number of benzene rings is 1. The molecule has 2 aromatic rings. The topological polar surface area (TPSA) is 66.0 Å². The van der Waals surface area contributed by atoms with Gasteiger partial charge < -0.3 is 10.1 Å². The number of aromatic nitrogens is 2. The molecule has 2 N–H and O–H groups in total. The van der Waals surface area contributed by atoms with Crippen molar-refractivity contribution in [3.63, 3.8) is 0 Å². The number of hydrogen-bond acceptors (Lipinski definition) is 2. The molecule has 1 heterocycles.